The highest BCUT2D eigenvalue weighted by Crippen LogP contribution is 2.60. The molecule has 4 saturated carbocycles. The first-order chi connectivity index (χ1) is 13.9. The Morgan fingerprint density at radius 1 is 1.10 bits per heavy atom. The lowest BCUT2D eigenvalue weighted by Gasteiger charge is -2.55. The second-order valence-electron chi connectivity index (χ2n) is 10.1. The molecule has 4 bridgehead atoms. The predicted octanol–water partition coefficient (Wildman–Crippen LogP) is 3.48. The molecule has 1 heterocycles. The van der Waals surface area contributed by atoms with Crippen LogP contribution in [0.15, 0.2) is 29.2 Å². The van der Waals surface area contributed by atoms with Crippen LogP contribution in [0.25, 0.3) is 0 Å². The van der Waals surface area contributed by atoms with Gasteiger partial charge in [-0.05, 0) is 87.7 Å². The average Bonchev–Trinajstić information content (AvgIpc) is 3.15. The summed E-state index contributed by atoms with van der Waals surface area (Å²) in [5.74, 6) is 2.39. The van der Waals surface area contributed by atoms with Crippen molar-refractivity contribution >= 4 is 15.9 Å². The number of carbonyl (C=O) groups is 1. The molecule has 4 aliphatic carbocycles. The van der Waals surface area contributed by atoms with E-state index in [-0.39, 0.29) is 17.4 Å². The first-order valence-corrected chi connectivity index (χ1v) is 12.7. The van der Waals surface area contributed by atoms with Crippen molar-refractivity contribution in [2.75, 3.05) is 13.1 Å². The summed E-state index contributed by atoms with van der Waals surface area (Å²) in [6.45, 7) is 2.81. The minimum atomic E-state index is -3.53. The molecule has 1 saturated heterocycles. The molecular formula is C23H32N2O3S. The Hall–Kier alpha value is -1.40. The molecule has 158 valence electrons. The first kappa shape index (κ1) is 19.6. The fourth-order valence-corrected chi connectivity index (χ4v) is 9.01. The molecule has 1 atom stereocenters. The molecule has 5 fully saturated rings. The van der Waals surface area contributed by atoms with Crippen molar-refractivity contribution in [1.29, 1.82) is 0 Å². The molecule has 1 unspecified atom stereocenters. The minimum absolute atomic E-state index is 0.141. The molecule has 0 radical (unpaired) electrons. The van der Waals surface area contributed by atoms with Gasteiger partial charge in [0.1, 0.15) is 0 Å². The number of nitrogens with one attached hydrogen (secondary N) is 1. The Kier molecular flexibility index (Phi) is 4.78. The topological polar surface area (TPSA) is 66.5 Å². The van der Waals surface area contributed by atoms with Crippen LogP contribution in [-0.4, -0.2) is 37.8 Å². The van der Waals surface area contributed by atoms with E-state index in [4.69, 9.17) is 0 Å². The smallest absolute Gasteiger partial charge is 0.243 e. The van der Waals surface area contributed by atoms with Crippen LogP contribution in [-0.2, 0) is 14.8 Å². The van der Waals surface area contributed by atoms with Crippen LogP contribution < -0.4 is 5.32 Å². The van der Waals surface area contributed by atoms with Crippen molar-refractivity contribution < 1.29 is 13.2 Å². The lowest BCUT2D eigenvalue weighted by atomic mass is 9.49. The maximum Gasteiger partial charge on any atom is 0.243 e. The summed E-state index contributed by atoms with van der Waals surface area (Å²) in [4.78, 5) is 13.6. The van der Waals surface area contributed by atoms with E-state index in [1.165, 1.54) is 19.3 Å². The number of carbonyl (C=O) groups excluding carboxylic acids is 1. The Balaban J connectivity index is 1.28. The van der Waals surface area contributed by atoms with Gasteiger partial charge in [-0.3, -0.25) is 4.79 Å². The number of hydrogen-bond acceptors (Lipinski definition) is 3. The fourth-order valence-electron chi connectivity index (χ4n) is 7.09. The fraction of sp³-hybridized carbons (Fsp3) is 0.696. The molecule has 0 spiro atoms. The number of benzene rings is 1. The lowest BCUT2D eigenvalue weighted by Crippen LogP contribution is -2.55. The number of hydrogen-bond donors (Lipinski definition) is 1. The number of nitrogens with zero attached hydrogens (tertiary/aromatic N) is 1. The van der Waals surface area contributed by atoms with Crippen molar-refractivity contribution in [3.63, 3.8) is 0 Å². The first-order valence-electron chi connectivity index (χ1n) is 11.2. The van der Waals surface area contributed by atoms with E-state index in [1.807, 2.05) is 19.1 Å². The van der Waals surface area contributed by atoms with Gasteiger partial charge in [0.25, 0.3) is 0 Å². The maximum atomic E-state index is 13.3. The minimum Gasteiger partial charge on any atom is -0.354 e. The third kappa shape index (κ3) is 3.32. The summed E-state index contributed by atoms with van der Waals surface area (Å²) in [6.07, 6.45) is 8.74. The third-order valence-electron chi connectivity index (χ3n) is 8.02. The summed E-state index contributed by atoms with van der Waals surface area (Å²) in [5.41, 5.74) is 0.600. The van der Waals surface area contributed by atoms with Gasteiger partial charge >= 0.3 is 0 Å². The number of aryl methyl sites for hydroxylation is 1. The van der Waals surface area contributed by atoms with Crippen LogP contribution in [0.5, 0.6) is 0 Å². The molecule has 5 nitrogen and oxygen atoms in total. The van der Waals surface area contributed by atoms with Gasteiger partial charge in [0.15, 0.2) is 0 Å². The molecule has 1 aromatic rings. The highest BCUT2D eigenvalue weighted by Gasteiger charge is 2.54. The summed E-state index contributed by atoms with van der Waals surface area (Å²) in [6, 6.07) is 7.03. The molecule has 1 amide bonds. The number of amides is 1. The second-order valence-corrected chi connectivity index (χ2v) is 11.9. The Bertz CT molecular complexity index is 875. The zero-order valence-corrected chi connectivity index (χ0v) is 18.1. The van der Waals surface area contributed by atoms with E-state index >= 15 is 0 Å². The molecule has 5 aliphatic rings. The summed E-state index contributed by atoms with van der Waals surface area (Å²) >= 11 is 0. The highest BCUT2D eigenvalue weighted by atomic mass is 32.2. The largest absolute Gasteiger partial charge is 0.354 e. The monoisotopic (exact) mass is 416 g/mol. The van der Waals surface area contributed by atoms with Crippen LogP contribution in [0, 0.1) is 30.1 Å². The van der Waals surface area contributed by atoms with Gasteiger partial charge in [0.2, 0.25) is 15.9 Å². The number of sulfonamides is 1. The normalized spacial score (nSPS) is 36.4. The molecule has 1 N–H and O–H groups in total. The van der Waals surface area contributed by atoms with Crippen molar-refractivity contribution in [1.82, 2.24) is 9.62 Å². The average molecular weight is 417 g/mol. The Morgan fingerprint density at radius 2 is 1.72 bits per heavy atom. The van der Waals surface area contributed by atoms with Gasteiger partial charge in [-0.25, -0.2) is 8.42 Å². The van der Waals surface area contributed by atoms with Crippen molar-refractivity contribution in [3.05, 3.63) is 29.8 Å². The van der Waals surface area contributed by atoms with Crippen molar-refractivity contribution in [3.8, 4) is 0 Å². The molecule has 1 aliphatic heterocycles. The van der Waals surface area contributed by atoms with Crippen LogP contribution in [0.4, 0.5) is 0 Å². The molecule has 6 rings (SSSR count). The zero-order valence-electron chi connectivity index (χ0n) is 17.3. The third-order valence-corrected chi connectivity index (χ3v) is 10.1. The van der Waals surface area contributed by atoms with Crippen LogP contribution >= 0.6 is 0 Å². The van der Waals surface area contributed by atoms with E-state index in [2.05, 4.69) is 5.32 Å². The number of rotatable bonds is 5. The lowest BCUT2D eigenvalue weighted by molar-refractivity contribution is -0.146. The highest BCUT2D eigenvalue weighted by molar-refractivity contribution is 7.89. The van der Waals surface area contributed by atoms with Gasteiger partial charge in [-0.2, -0.15) is 4.31 Å². The van der Waals surface area contributed by atoms with E-state index in [1.54, 1.807) is 16.4 Å². The summed E-state index contributed by atoms with van der Waals surface area (Å²) < 4.78 is 28.1. The van der Waals surface area contributed by atoms with Gasteiger partial charge in [0.05, 0.1) is 4.90 Å². The molecule has 29 heavy (non-hydrogen) atoms. The maximum absolute atomic E-state index is 13.3. The van der Waals surface area contributed by atoms with E-state index in [9.17, 15) is 13.2 Å². The molecule has 1 aromatic carbocycles. The Labute approximate surface area is 174 Å². The van der Waals surface area contributed by atoms with E-state index in [0.29, 0.717) is 18.0 Å². The van der Waals surface area contributed by atoms with Gasteiger partial charge < -0.3 is 5.32 Å². The van der Waals surface area contributed by atoms with Crippen LogP contribution in [0.2, 0.25) is 0 Å². The zero-order chi connectivity index (χ0) is 20.2. The van der Waals surface area contributed by atoms with Gasteiger partial charge in [-0.15, -0.1) is 0 Å². The predicted molar refractivity (Wildman–Crippen MR) is 112 cm³/mol. The Morgan fingerprint density at radius 3 is 2.34 bits per heavy atom. The standard InChI is InChI=1S/C23H32N2O3S/c1-16-5-2-3-7-21(16)29(27,28)25-8-4-6-20(25)15-24-22(26)23-12-17-9-18(13-23)11-19(10-17)14-23/h2-3,5,7,17-20H,4,6,8-15H2,1H3,(H,24,26). The summed E-state index contributed by atoms with van der Waals surface area (Å²) in [7, 11) is -3.53. The van der Waals surface area contributed by atoms with Crippen LogP contribution in [0.1, 0.15) is 56.9 Å². The second kappa shape index (κ2) is 7.09. The van der Waals surface area contributed by atoms with Crippen molar-refractivity contribution in [2.24, 2.45) is 23.2 Å². The summed E-state index contributed by atoms with van der Waals surface area (Å²) in [5, 5.41) is 3.20. The molecule has 0 aromatic heterocycles. The quantitative estimate of drug-likeness (QED) is 0.799. The van der Waals surface area contributed by atoms with E-state index in [0.717, 1.165) is 55.4 Å². The van der Waals surface area contributed by atoms with Gasteiger partial charge in [0, 0.05) is 24.5 Å². The SMILES string of the molecule is Cc1ccccc1S(=O)(=O)N1CCCC1CNC(=O)C12CC3CC(CC(C3)C1)C2. The van der Waals surface area contributed by atoms with Crippen molar-refractivity contribution in [2.45, 2.75) is 69.2 Å². The molecular weight excluding hydrogens is 384 g/mol. The van der Waals surface area contributed by atoms with Gasteiger partial charge in [-0.1, -0.05) is 18.2 Å². The molecule has 6 heteroatoms. The van der Waals surface area contributed by atoms with Crippen LogP contribution in [0.3, 0.4) is 0 Å². The van der Waals surface area contributed by atoms with E-state index < -0.39 is 10.0 Å².